The van der Waals surface area contributed by atoms with E-state index in [4.69, 9.17) is 4.74 Å². The van der Waals surface area contributed by atoms with Crippen molar-refractivity contribution in [3.63, 3.8) is 0 Å². The molecule has 2 N–H and O–H groups in total. The van der Waals surface area contributed by atoms with E-state index in [1.165, 1.54) is 32.1 Å². The molecule has 2 rings (SSSR count). The lowest BCUT2D eigenvalue weighted by atomic mass is 9.98. The van der Waals surface area contributed by atoms with Gasteiger partial charge in [-0.25, -0.2) is 0 Å². The zero-order valence-electron chi connectivity index (χ0n) is 13.4. The molecular weight excluding hydrogens is 252 g/mol. The summed E-state index contributed by atoms with van der Waals surface area (Å²) in [6.07, 6.45) is 7.67. The second-order valence-electron chi connectivity index (χ2n) is 7.54. The monoisotopic (exact) mass is 282 g/mol. The van der Waals surface area contributed by atoms with Gasteiger partial charge >= 0.3 is 0 Å². The molecule has 4 heteroatoms. The predicted molar refractivity (Wildman–Crippen MR) is 80.7 cm³/mol. The van der Waals surface area contributed by atoms with Crippen molar-refractivity contribution in [3.05, 3.63) is 0 Å². The second-order valence-corrected chi connectivity index (χ2v) is 7.54. The summed E-state index contributed by atoms with van der Waals surface area (Å²) in [6, 6.07) is -0.169. The summed E-state index contributed by atoms with van der Waals surface area (Å²) in [5, 5.41) is 6.32. The number of amides is 1. The molecule has 1 aliphatic carbocycles. The highest BCUT2D eigenvalue weighted by molar-refractivity contribution is 5.81. The molecule has 2 atom stereocenters. The van der Waals surface area contributed by atoms with Crippen LogP contribution in [0, 0.1) is 0 Å². The highest BCUT2D eigenvalue weighted by atomic mass is 16.5. The van der Waals surface area contributed by atoms with Crippen LogP contribution < -0.4 is 10.6 Å². The van der Waals surface area contributed by atoms with Crippen LogP contribution in [0.4, 0.5) is 0 Å². The van der Waals surface area contributed by atoms with Gasteiger partial charge < -0.3 is 15.4 Å². The van der Waals surface area contributed by atoms with Crippen molar-refractivity contribution < 1.29 is 9.53 Å². The third-order valence-corrected chi connectivity index (χ3v) is 4.40. The Labute approximate surface area is 123 Å². The van der Waals surface area contributed by atoms with Crippen LogP contribution in [0.25, 0.3) is 0 Å². The Balaban J connectivity index is 1.71. The van der Waals surface area contributed by atoms with Crippen molar-refractivity contribution >= 4 is 5.91 Å². The van der Waals surface area contributed by atoms with Crippen molar-refractivity contribution in [2.24, 2.45) is 0 Å². The first kappa shape index (κ1) is 15.8. The first-order valence-corrected chi connectivity index (χ1v) is 8.03. The fraction of sp³-hybridized carbons (Fsp3) is 0.938. The molecule has 20 heavy (non-hydrogen) atoms. The zero-order chi connectivity index (χ0) is 14.8. The Bertz CT molecular complexity index is 343. The summed E-state index contributed by atoms with van der Waals surface area (Å²) in [4.78, 5) is 12.0. The van der Waals surface area contributed by atoms with Crippen molar-refractivity contribution in [2.45, 2.75) is 89.5 Å². The highest BCUT2D eigenvalue weighted by Crippen LogP contribution is 2.43. The molecule has 2 unspecified atom stereocenters. The molecule has 0 aromatic carbocycles. The van der Waals surface area contributed by atoms with Crippen molar-refractivity contribution in [3.8, 4) is 0 Å². The Morgan fingerprint density at radius 1 is 1.30 bits per heavy atom. The van der Waals surface area contributed by atoms with Crippen LogP contribution in [0.5, 0.6) is 0 Å². The van der Waals surface area contributed by atoms with Gasteiger partial charge in [0.15, 0.2) is 0 Å². The molecule has 0 radical (unpaired) electrons. The maximum absolute atomic E-state index is 12.0. The topological polar surface area (TPSA) is 50.4 Å². The Morgan fingerprint density at radius 3 is 2.55 bits per heavy atom. The molecule has 116 valence electrons. The molecule has 2 aliphatic rings. The van der Waals surface area contributed by atoms with Crippen LogP contribution in [-0.2, 0) is 9.53 Å². The lowest BCUT2D eigenvalue weighted by Gasteiger charge is -2.26. The summed E-state index contributed by atoms with van der Waals surface area (Å²) < 4.78 is 6.25. The maximum atomic E-state index is 12.0. The number of carbonyl (C=O) groups excluding carboxylic acids is 1. The van der Waals surface area contributed by atoms with Gasteiger partial charge in [-0.1, -0.05) is 12.8 Å². The average molecular weight is 282 g/mol. The van der Waals surface area contributed by atoms with E-state index in [1.807, 2.05) is 27.7 Å². The first-order chi connectivity index (χ1) is 9.30. The molecule has 0 aromatic heterocycles. The van der Waals surface area contributed by atoms with Gasteiger partial charge in [0.1, 0.15) is 0 Å². The van der Waals surface area contributed by atoms with Crippen LogP contribution in [0.15, 0.2) is 0 Å². The van der Waals surface area contributed by atoms with Gasteiger partial charge in [0, 0.05) is 12.1 Å². The molecule has 1 amide bonds. The number of carbonyl (C=O) groups is 1. The fourth-order valence-corrected chi connectivity index (χ4v) is 3.31. The standard InChI is InChI=1S/C16H30N2O2/c1-12(14(19)18-15(2,3)4)17-11-13-7-10-16(20-13)8-5-6-9-16/h12-13,17H,5-11H2,1-4H3,(H,18,19). The molecule has 0 aromatic rings. The molecular formula is C16H30N2O2. The third kappa shape index (κ3) is 4.19. The molecule has 2 fully saturated rings. The smallest absolute Gasteiger partial charge is 0.237 e. The van der Waals surface area contributed by atoms with E-state index in [1.54, 1.807) is 0 Å². The molecule has 0 bridgehead atoms. The minimum Gasteiger partial charge on any atom is -0.370 e. The number of hydrogen-bond donors (Lipinski definition) is 2. The first-order valence-electron chi connectivity index (χ1n) is 8.03. The van der Waals surface area contributed by atoms with Crippen LogP contribution in [-0.4, -0.2) is 35.7 Å². The van der Waals surface area contributed by atoms with E-state index in [0.29, 0.717) is 0 Å². The Morgan fingerprint density at radius 2 is 1.95 bits per heavy atom. The number of nitrogens with one attached hydrogen (secondary N) is 2. The number of ether oxygens (including phenoxy) is 1. The Hall–Kier alpha value is -0.610. The van der Waals surface area contributed by atoms with Crippen LogP contribution in [0.2, 0.25) is 0 Å². The van der Waals surface area contributed by atoms with Gasteiger partial charge in [0.25, 0.3) is 0 Å². The maximum Gasteiger partial charge on any atom is 0.237 e. The summed E-state index contributed by atoms with van der Waals surface area (Å²) in [5.41, 5.74) is 0.00798. The quantitative estimate of drug-likeness (QED) is 0.832. The molecule has 1 heterocycles. The lowest BCUT2D eigenvalue weighted by molar-refractivity contribution is -0.124. The molecule has 1 aliphatic heterocycles. The zero-order valence-corrected chi connectivity index (χ0v) is 13.4. The van der Waals surface area contributed by atoms with E-state index in [-0.39, 0.29) is 29.2 Å². The van der Waals surface area contributed by atoms with Gasteiger partial charge in [-0.3, -0.25) is 4.79 Å². The fourth-order valence-electron chi connectivity index (χ4n) is 3.31. The van der Waals surface area contributed by atoms with Crippen LogP contribution in [0.1, 0.15) is 66.2 Å². The van der Waals surface area contributed by atoms with Crippen molar-refractivity contribution in [1.82, 2.24) is 10.6 Å². The van der Waals surface area contributed by atoms with Crippen LogP contribution >= 0.6 is 0 Å². The summed E-state index contributed by atoms with van der Waals surface area (Å²) >= 11 is 0. The SMILES string of the molecule is CC(NCC1CCC2(CCCC2)O1)C(=O)NC(C)(C)C. The summed E-state index contributed by atoms with van der Waals surface area (Å²) in [6.45, 7) is 8.70. The number of rotatable bonds is 4. The largest absolute Gasteiger partial charge is 0.370 e. The van der Waals surface area contributed by atoms with E-state index in [2.05, 4.69) is 10.6 Å². The molecule has 4 nitrogen and oxygen atoms in total. The predicted octanol–water partition coefficient (Wildman–Crippen LogP) is 2.37. The van der Waals surface area contributed by atoms with Gasteiger partial charge in [-0.2, -0.15) is 0 Å². The van der Waals surface area contributed by atoms with Gasteiger partial charge in [-0.05, 0) is 53.4 Å². The second kappa shape index (κ2) is 6.02. The summed E-state index contributed by atoms with van der Waals surface area (Å²) in [5.74, 6) is 0.0612. The minimum absolute atomic E-state index is 0.0612. The minimum atomic E-state index is -0.176. The van der Waals surface area contributed by atoms with Crippen molar-refractivity contribution in [1.29, 1.82) is 0 Å². The average Bonchev–Trinajstić information content (AvgIpc) is 2.95. The third-order valence-electron chi connectivity index (χ3n) is 4.40. The van der Waals surface area contributed by atoms with E-state index >= 15 is 0 Å². The van der Waals surface area contributed by atoms with Gasteiger partial charge in [0.2, 0.25) is 5.91 Å². The van der Waals surface area contributed by atoms with E-state index < -0.39 is 0 Å². The number of hydrogen-bond acceptors (Lipinski definition) is 3. The highest BCUT2D eigenvalue weighted by Gasteiger charge is 2.42. The van der Waals surface area contributed by atoms with Crippen molar-refractivity contribution in [2.75, 3.05) is 6.54 Å². The van der Waals surface area contributed by atoms with E-state index in [9.17, 15) is 4.79 Å². The normalized spacial score (nSPS) is 26.9. The lowest BCUT2D eigenvalue weighted by Crippen LogP contribution is -2.50. The van der Waals surface area contributed by atoms with E-state index in [0.717, 1.165) is 13.0 Å². The summed E-state index contributed by atoms with van der Waals surface area (Å²) in [7, 11) is 0. The van der Waals surface area contributed by atoms with Gasteiger partial charge in [-0.15, -0.1) is 0 Å². The molecule has 1 saturated carbocycles. The molecule has 1 saturated heterocycles. The Kier molecular flexibility index (Phi) is 4.75. The molecule has 1 spiro atoms. The van der Waals surface area contributed by atoms with Gasteiger partial charge in [0.05, 0.1) is 17.7 Å². The van der Waals surface area contributed by atoms with Crippen LogP contribution in [0.3, 0.4) is 0 Å².